The van der Waals surface area contributed by atoms with Gasteiger partial charge in [0, 0.05) is 23.0 Å². The van der Waals surface area contributed by atoms with E-state index < -0.39 is 5.41 Å². The monoisotopic (exact) mass is 378 g/mol. The molecule has 2 heterocycles. The van der Waals surface area contributed by atoms with Crippen molar-refractivity contribution >= 4 is 11.6 Å². The number of ether oxygens (including phenoxy) is 1. The van der Waals surface area contributed by atoms with Crippen LogP contribution in [0.3, 0.4) is 0 Å². The molecule has 0 saturated carbocycles. The molecule has 1 unspecified atom stereocenters. The maximum atomic E-state index is 13.6. The van der Waals surface area contributed by atoms with E-state index >= 15 is 0 Å². The first kappa shape index (κ1) is 17.2. The molecule has 4 nitrogen and oxygen atoms in total. The molecule has 0 radical (unpaired) electrons. The first-order valence-corrected chi connectivity index (χ1v) is 9.45. The number of pyridine rings is 1. The van der Waals surface area contributed by atoms with Gasteiger partial charge < -0.3 is 10.1 Å². The van der Waals surface area contributed by atoms with Crippen LogP contribution >= 0.6 is 0 Å². The molecule has 0 spiro atoms. The minimum absolute atomic E-state index is 0.137. The average molecular weight is 378 g/mol. The van der Waals surface area contributed by atoms with Gasteiger partial charge in [0.15, 0.2) is 0 Å². The van der Waals surface area contributed by atoms with Gasteiger partial charge in [0.1, 0.15) is 16.9 Å². The van der Waals surface area contributed by atoms with Crippen LogP contribution in [0, 0.1) is 0 Å². The number of amides is 1. The molecule has 0 fully saturated rings. The number of rotatable bonds is 4. The zero-order valence-electron chi connectivity index (χ0n) is 15.6. The predicted octanol–water partition coefficient (Wildman–Crippen LogP) is 5.16. The largest absolute Gasteiger partial charge is 0.457 e. The number of hydrogen-bond acceptors (Lipinski definition) is 3. The molecule has 0 bridgehead atoms. The lowest BCUT2D eigenvalue weighted by Gasteiger charge is -2.29. The summed E-state index contributed by atoms with van der Waals surface area (Å²) in [5.74, 6) is 1.19. The van der Waals surface area contributed by atoms with Crippen molar-refractivity contribution in [2.45, 2.75) is 5.41 Å². The van der Waals surface area contributed by atoms with Crippen LogP contribution in [-0.4, -0.2) is 10.9 Å². The van der Waals surface area contributed by atoms with E-state index in [4.69, 9.17) is 4.74 Å². The summed E-state index contributed by atoms with van der Waals surface area (Å²) in [6.45, 7) is 0. The van der Waals surface area contributed by atoms with Crippen molar-refractivity contribution in [2.75, 3.05) is 5.32 Å². The van der Waals surface area contributed by atoms with E-state index in [1.807, 2.05) is 97.1 Å². The molecule has 4 heteroatoms. The number of carbonyl (C=O) groups excluding carboxylic acids is 1. The lowest BCUT2D eigenvalue weighted by molar-refractivity contribution is -0.118. The van der Waals surface area contributed by atoms with Crippen LogP contribution in [0.15, 0.2) is 103 Å². The summed E-state index contributed by atoms with van der Waals surface area (Å²) in [6.07, 6.45) is 1.71. The molecule has 1 amide bonds. The highest BCUT2D eigenvalue weighted by molar-refractivity contribution is 6.11. The topological polar surface area (TPSA) is 51.2 Å². The van der Waals surface area contributed by atoms with Gasteiger partial charge in [-0.2, -0.15) is 0 Å². The summed E-state index contributed by atoms with van der Waals surface area (Å²) in [4.78, 5) is 18.1. The Morgan fingerprint density at radius 3 is 2.21 bits per heavy atom. The van der Waals surface area contributed by atoms with Crippen molar-refractivity contribution in [3.05, 3.63) is 120 Å². The first-order valence-electron chi connectivity index (χ1n) is 9.45. The molecule has 0 aliphatic carbocycles. The number of anilines is 1. The second-order valence-electron chi connectivity index (χ2n) is 6.88. The Kier molecular flexibility index (Phi) is 4.10. The van der Waals surface area contributed by atoms with Crippen LogP contribution in [0.5, 0.6) is 11.5 Å². The van der Waals surface area contributed by atoms with Gasteiger partial charge >= 0.3 is 0 Å². The van der Waals surface area contributed by atoms with E-state index in [0.717, 1.165) is 16.8 Å². The summed E-state index contributed by atoms with van der Waals surface area (Å²) in [5.41, 5.74) is 1.98. The molecule has 1 N–H and O–H groups in total. The number of nitrogens with one attached hydrogen (secondary N) is 1. The Balaban J connectivity index is 1.78. The summed E-state index contributed by atoms with van der Waals surface area (Å²) in [5, 5.41) is 3.04. The number of para-hydroxylation sites is 3. The predicted molar refractivity (Wildman–Crippen MR) is 112 cm³/mol. The minimum atomic E-state index is -1.09. The van der Waals surface area contributed by atoms with Gasteiger partial charge in [-0.15, -0.1) is 0 Å². The zero-order chi connectivity index (χ0) is 19.7. The van der Waals surface area contributed by atoms with E-state index in [0.29, 0.717) is 17.2 Å². The summed E-state index contributed by atoms with van der Waals surface area (Å²) in [6, 6.07) is 30.6. The van der Waals surface area contributed by atoms with Crippen LogP contribution in [0.1, 0.15) is 16.8 Å². The molecule has 1 aromatic heterocycles. The Morgan fingerprint density at radius 1 is 0.724 bits per heavy atom. The number of nitrogens with zero attached hydrogens (tertiary/aromatic N) is 1. The van der Waals surface area contributed by atoms with Gasteiger partial charge in [0.25, 0.3) is 0 Å². The molecule has 0 saturated heterocycles. The van der Waals surface area contributed by atoms with Gasteiger partial charge in [-0.25, -0.2) is 0 Å². The Hall–Kier alpha value is -3.92. The average Bonchev–Trinajstić information content (AvgIpc) is 3.08. The van der Waals surface area contributed by atoms with Crippen molar-refractivity contribution in [3.63, 3.8) is 0 Å². The Labute approximate surface area is 168 Å². The van der Waals surface area contributed by atoms with Crippen LogP contribution in [-0.2, 0) is 10.2 Å². The molecule has 29 heavy (non-hydrogen) atoms. The van der Waals surface area contributed by atoms with Gasteiger partial charge in [0.2, 0.25) is 5.91 Å². The normalized spacial score (nSPS) is 17.4. The van der Waals surface area contributed by atoms with Crippen molar-refractivity contribution in [2.24, 2.45) is 0 Å². The van der Waals surface area contributed by atoms with E-state index in [2.05, 4.69) is 10.3 Å². The number of hydrogen-bond donors (Lipinski definition) is 1. The highest BCUT2D eigenvalue weighted by Crippen LogP contribution is 2.49. The quantitative estimate of drug-likeness (QED) is 0.534. The SMILES string of the molecule is O=C1Nc2ccccc2C1(c1ccccn1)c1ccccc1Oc1ccccc1. The van der Waals surface area contributed by atoms with Crippen molar-refractivity contribution in [3.8, 4) is 11.5 Å². The molecular formula is C25H18N2O2. The highest BCUT2D eigenvalue weighted by Gasteiger charge is 2.52. The summed E-state index contributed by atoms with van der Waals surface area (Å²) < 4.78 is 6.22. The third-order valence-corrected chi connectivity index (χ3v) is 5.23. The van der Waals surface area contributed by atoms with Crippen molar-refractivity contribution in [1.82, 2.24) is 4.98 Å². The molecule has 1 atom stereocenters. The summed E-state index contributed by atoms with van der Waals surface area (Å²) in [7, 11) is 0. The van der Waals surface area contributed by atoms with E-state index in [1.54, 1.807) is 6.20 Å². The fourth-order valence-corrected chi connectivity index (χ4v) is 3.98. The second-order valence-corrected chi connectivity index (χ2v) is 6.88. The maximum Gasteiger partial charge on any atom is 0.245 e. The first-order chi connectivity index (χ1) is 14.3. The van der Waals surface area contributed by atoms with E-state index in [9.17, 15) is 4.79 Å². The number of benzene rings is 3. The maximum absolute atomic E-state index is 13.6. The van der Waals surface area contributed by atoms with Gasteiger partial charge in [-0.3, -0.25) is 9.78 Å². The highest BCUT2D eigenvalue weighted by atomic mass is 16.5. The lowest BCUT2D eigenvalue weighted by atomic mass is 9.72. The third kappa shape index (κ3) is 2.69. The molecule has 140 valence electrons. The van der Waals surface area contributed by atoms with Crippen molar-refractivity contribution < 1.29 is 9.53 Å². The molecule has 5 rings (SSSR count). The fraction of sp³-hybridized carbons (Fsp3) is 0.0400. The Bertz CT molecular complexity index is 1180. The number of aromatic nitrogens is 1. The van der Waals surface area contributed by atoms with Gasteiger partial charge in [0.05, 0.1) is 5.69 Å². The third-order valence-electron chi connectivity index (χ3n) is 5.23. The summed E-state index contributed by atoms with van der Waals surface area (Å²) >= 11 is 0. The van der Waals surface area contributed by atoms with Gasteiger partial charge in [-0.05, 0) is 36.4 Å². The van der Waals surface area contributed by atoms with Crippen LogP contribution in [0.4, 0.5) is 5.69 Å². The molecule has 4 aromatic rings. The molecule has 3 aromatic carbocycles. The van der Waals surface area contributed by atoms with E-state index in [1.165, 1.54) is 0 Å². The standard InChI is InChI=1S/C25H18N2O2/c28-24-25(23-16-8-9-17-26-23,19-12-4-6-14-21(19)27-24)20-13-5-7-15-22(20)29-18-10-2-1-3-11-18/h1-17H,(H,27,28). The minimum Gasteiger partial charge on any atom is -0.457 e. The van der Waals surface area contributed by atoms with Crippen molar-refractivity contribution in [1.29, 1.82) is 0 Å². The molecule has 1 aliphatic rings. The fourth-order valence-electron chi connectivity index (χ4n) is 3.98. The van der Waals surface area contributed by atoms with Crippen LogP contribution < -0.4 is 10.1 Å². The zero-order valence-corrected chi connectivity index (χ0v) is 15.6. The van der Waals surface area contributed by atoms with Crippen LogP contribution in [0.2, 0.25) is 0 Å². The van der Waals surface area contributed by atoms with Crippen LogP contribution in [0.25, 0.3) is 0 Å². The van der Waals surface area contributed by atoms with Gasteiger partial charge in [-0.1, -0.05) is 60.7 Å². The Morgan fingerprint density at radius 2 is 1.41 bits per heavy atom. The number of fused-ring (bicyclic) bond motifs is 1. The molecule has 1 aliphatic heterocycles. The number of carbonyl (C=O) groups is 1. The molecular weight excluding hydrogens is 360 g/mol. The second kappa shape index (κ2) is 6.91. The lowest BCUT2D eigenvalue weighted by Crippen LogP contribution is -2.38. The van der Waals surface area contributed by atoms with E-state index in [-0.39, 0.29) is 5.91 Å². The smallest absolute Gasteiger partial charge is 0.245 e.